The number of hydrogen-bond acceptors (Lipinski definition) is 5. The van der Waals surface area contributed by atoms with Crippen LogP contribution in [-0.4, -0.2) is 25.3 Å². The Balaban J connectivity index is 1.77. The molecule has 2 heterocycles. The summed E-state index contributed by atoms with van der Waals surface area (Å²) in [4.78, 5) is 31.2. The summed E-state index contributed by atoms with van der Waals surface area (Å²) in [5.41, 5.74) is 4.25. The number of aromatic nitrogens is 4. The number of anilines is 1. The van der Waals surface area contributed by atoms with Crippen LogP contribution in [0.4, 0.5) is 5.95 Å². The van der Waals surface area contributed by atoms with E-state index in [0.29, 0.717) is 23.0 Å². The first-order valence-corrected chi connectivity index (χ1v) is 9.19. The topological polar surface area (TPSA) is 97.1 Å². The number of nitrogens with zero attached hydrogens (tertiary/aromatic N) is 4. The minimum Gasteiger partial charge on any atom is -0.298 e. The van der Waals surface area contributed by atoms with Crippen molar-refractivity contribution in [2.24, 2.45) is 12.1 Å². The summed E-state index contributed by atoms with van der Waals surface area (Å²) in [6, 6.07) is 16.8. The van der Waals surface area contributed by atoms with Gasteiger partial charge in [0, 0.05) is 12.1 Å². The predicted octanol–water partition coefficient (Wildman–Crippen LogP) is 2.57. The molecule has 0 aliphatic heterocycles. The van der Waals surface area contributed by atoms with Gasteiger partial charge in [0.25, 0.3) is 5.56 Å². The number of aryl methyl sites for hydroxylation is 1. The molecule has 9 heteroatoms. The highest BCUT2D eigenvalue weighted by atomic mass is 35.5. The van der Waals surface area contributed by atoms with Gasteiger partial charge < -0.3 is 0 Å². The Morgan fingerprint density at radius 3 is 2.59 bits per heavy atom. The van der Waals surface area contributed by atoms with Crippen LogP contribution in [0.2, 0.25) is 5.02 Å². The Labute approximate surface area is 170 Å². The van der Waals surface area contributed by atoms with Crippen LogP contribution in [0.25, 0.3) is 11.2 Å². The SMILES string of the molecule is Cn1c(=O)[nH]c(=O)c2c1nc(NN=Cc1ccc(Cl)cc1)n2Cc1ccccc1. The van der Waals surface area contributed by atoms with Crippen LogP contribution < -0.4 is 16.7 Å². The van der Waals surface area contributed by atoms with E-state index in [1.807, 2.05) is 42.5 Å². The highest BCUT2D eigenvalue weighted by Crippen LogP contribution is 2.17. The molecule has 2 N–H and O–H groups in total. The van der Waals surface area contributed by atoms with Gasteiger partial charge in [-0.3, -0.25) is 18.9 Å². The molecule has 146 valence electrons. The van der Waals surface area contributed by atoms with Gasteiger partial charge in [0.15, 0.2) is 11.2 Å². The van der Waals surface area contributed by atoms with E-state index in [0.717, 1.165) is 11.1 Å². The predicted molar refractivity (Wildman–Crippen MR) is 114 cm³/mol. The molecule has 0 amide bonds. The van der Waals surface area contributed by atoms with Crippen molar-refractivity contribution >= 4 is 34.9 Å². The smallest absolute Gasteiger partial charge is 0.298 e. The number of nitrogens with one attached hydrogen (secondary N) is 2. The van der Waals surface area contributed by atoms with Gasteiger partial charge >= 0.3 is 5.69 Å². The summed E-state index contributed by atoms with van der Waals surface area (Å²) in [6.45, 7) is 0.386. The quantitative estimate of drug-likeness (QED) is 0.392. The lowest BCUT2D eigenvalue weighted by Crippen LogP contribution is -2.29. The van der Waals surface area contributed by atoms with Gasteiger partial charge in [-0.15, -0.1) is 0 Å². The Morgan fingerprint density at radius 1 is 1.14 bits per heavy atom. The van der Waals surface area contributed by atoms with Crippen LogP contribution in [0.1, 0.15) is 11.1 Å². The van der Waals surface area contributed by atoms with E-state index in [9.17, 15) is 9.59 Å². The van der Waals surface area contributed by atoms with E-state index in [4.69, 9.17) is 11.6 Å². The number of H-pyrrole nitrogens is 1. The van der Waals surface area contributed by atoms with Crippen molar-refractivity contribution in [3.63, 3.8) is 0 Å². The molecule has 4 rings (SSSR count). The van der Waals surface area contributed by atoms with Gasteiger partial charge in [-0.05, 0) is 23.3 Å². The van der Waals surface area contributed by atoms with Crippen molar-refractivity contribution in [1.82, 2.24) is 19.1 Å². The van der Waals surface area contributed by atoms with E-state index in [2.05, 4.69) is 20.5 Å². The molecule has 0 bridgehead atoms. The summed E-state index contributed by atoms with van der Waals surface area (Å²) in [5, 5.41) is 4.86. The van der Waals surface area contributed by atoms with Crippen molar-refractivity contribution in [2.75, 3.05) is 5.43 Å². The van der Waals surface area contributed by atoms with Gasteiger partial charge in [0.1, 0.15) is 0 Å². The highest BCUT2D eigenvalue weighted by Gasteiger charge is 2.17. The van der Waals surface area contributed by atoms with Gasteiger partial charge in [-0.1, -0.05) is 54.1 Å². The van der Waals surface area contributed by atoms with Gasteiger partial charge in [0.05, 0.1) is 12.8 Å². The van der Waals surface area contributed by atoms with Crippen molar-refractivity contribution in [1.29, 1.82) is 0 Å². The number of imidazole rings is 1. The fourth-order valence-corrected chi connectivity index (χ4v) is 3.08. The first-order chi connectivity index (χ1) is 14.0. The lowest BCUT2D eigenvalue weighted by molar-refractivity contribution is 0.808. The molecular formula is C20H17ClN6O2. The summed E-state index contributed by atoms with van der Waals surface area (Å²) >= 11 is 5.89. The summed E-state index contributed by atoms with van der Waals surface area (Å²) < 4.78 is 2.99. The molecule has 2 aromatic heterocycles. The third kappa shape index (κ3) is 3.83. The van der Waals surface area contributed by atoms with Crippen LogP contribution in [0.15, 0.2) is 69.3 Å². The Hall–Kier alpha value is -3.65. The number of rotatable bonds is 5. The first kappa shape index (κ1) is 18.7. The third-order valence-corrected chi connectivity index (χ3v) is 4.69. The number of halogens is 1. The molecule has 0 saturated heterocycles. The monoisotopic (exact) mass is 408 g/mol. The molecular weight excluding hydrogens is 392 g/mol. The molecule has 8 nitrogen and oxygen atoms in total. The molecule has 2 aromatic carbocycles. The van der Waals surface area contributed by atoms with Crippen LogP contribution >= 0.6 is 11.6 Å². The van der Waals surface area contributed by atoms with Crippen LogP contribution in [0.5, 0.6) is 0 Å². The average molecular weight is 409 g/mol. The van der Waals surface area contributed by atoms with Crippen molar-refractivity contribution in [3.05, 3.63) is 91.6 Å². The number of hydrogen-bond donors (Lipinski definition) is 2. The van der Waals surface area contributed by atoms with E-state index in [1.54, 1.807) is 30.0 Å². The lowest BCUT2D eigenvalue weighted by atomic mass is 10.2. The van der Waals surface area contributed by atoms with Crippen LogP contribution in [-0.2, 0) is 13.6 Å². The summed E-state index contributed by atoms with van der Waals surface area (Å²) in [7, 11) is 1.56. The molecule has 0 saturated carbocycles. The molecule has 4 aromatic rings. The van der Waals surface area contributed by atoms with Gasteiger partial charge in [-0.2, -0.15) is 10.1 Å². The first-order valence-electron chi connectivity index (χ1n) is 8.81. The zero-order chi connectivity index (χ0) is 20.4. The molecule has 0 aliphatic rings. The van der Waals surface area contributed by atoms with Crippen molar-refractivity contribution in [3.8, 4) is 0 Å². The molecule has 0 unspecified atom stereocenters. The van der Waals surface area contributed by atoms with E-state index < -0.39 is 11.2 Å². The Bertz CT molecular complexity index is 1300. The van der Waals surface area contributed by atoms with Gasteiger partial charge in [0.2, 0.25) is 5.95 Å². The zero-order valence-corrected chi connectivity index (χ0v) is 16.2. The number of benzene rings is 2. The number of aromatic amines is 1. The molecule has 29 heavy (non-hydrogen) atoms. The molecule has 0 spiro atoms. The molecule has 0 aliphatic carbocycles. The van der Waals surface area contributed by atoms with E-state index >= 15 is 0 Å². The summed E-state index contributed by atoms with van der Waals surface area (Å²) in [6.07, 6.45) is 1.62. The van der Waals surface area contributed by atoms with E-state index in [1.165, 1.54) is 4.57 Å². The van der Waals surface area contributed by atoms with Crippen LogP contribution in [0.3, 0.4) is 0 Å². The maximum absolute atomic E-state index is 12.5. The second-order valence-corrected chi connectivity index (χ2v) is 6.86. The lowest BCUT2D eigenvalue weighted by Gasteiger charge is -2.08. The zero-order valence-electron chi connectivity index (χ0n) is 15.5. The number of hydrazone groups is 1. The fourth-order valence-electron chi connectivity index (χ4n) is 2.95. The van der Waals surface area contributed by atoms with Crippen molar-refractivity contribution < 1.29 is 0 Å². The van der Waals surface area contributed by atoms with Crippen molar-refractivity contribution in [2.45, 2.75) is 6.54 Å². The minimum atomic E-state index is -0.525. The third-order valence-electron chi connectivity index (χ3n) is 4.44. The Morgan fingerprint density at radius 2 is 1.86 bits per heavy atom. The maximum atomic E-state index is 12.5. The average Bonchev–Trinajstić information content (AvgIpc) is 3.07. The molecule has 0 radical (unpaired) electrons. The minimum absolute atomic E-state index is 0.277. The standard InChI is InChI=1S/C20H17ClN6O2/c1-26-17-16(18(28)24-20(26)29)27(12-14-5-3-2-4-6-14)19(23-17)25-22-11-13-7-9-15(21)10-8-13/h2-11H,12H2,1H3,(H,23,25)(H,24,28,29). The second kappa shape index (κ2) is 7.76. The molecule has 0 fully saturated rings. The fraction of sp³-hybridized carbons (Fsp3) is 0.100. The second-order valence-electron chi connectivity index (χ2n) is 6.42. The maximum Gasteiger partial charge on any atom is 0.329 e. The number of fused-ring (bicyclic) bond motifs is 1. The van der Waals surface area contributed by atoms with E-state index in [-0.39, 0.29) is 5.65 Å². The van der Waals surface area contributed by atoms with Crippen LogP contribution in [0, 0.1) is 0 Å². The normalized spacial score (nSPS) is 11.4. The highest BCUT2D eigenvalue weighted by molar-refractivity contribution is 6.30. The largest absolute Gasteiger partial charge is 0.329 e. The molecule has 0 atom stereocenters. The Kier molecular flexibility index (Phi) is 5.01. The summed E-state index contributed by atoms with van der Waals surface area (Å²) in [5.74, 6) is 0.348. The van der Waals surface area contributed by atoms with Gasteiger partial charge in [-0.25, -0.2) is 10.2 Å².